The van der Waals surface area contributed by atoms with Crippen molar-refractivity contribution in [1.29, 1.82) is 0 Å². The first kappa shape index (κ1) is 17.8. The highest BCUT2D eigenvalue weighted by atomic mass is 16.5. The molecule has 0 aliphatic heterocycles. The second kappa shape index (κ2) is 7.56. The van der Waals surface area contributed by atoms with Crippen LogP contribution in [-0.2, 0) is 16.0 Å². The highest BCUT2D eigenvalue weighted by Crippen LogP contribution is 2.37. The van der Waals surface area contributed by atoms with Crippen LogP contribution in [0.25, 0.3) is 11.1 Å². The number of hydrogen-bond acceptors (Lipinski definition) is 4. The van der Waals surface area contributed by atoms with Crippen molar-refractivity contribution in [2.24, 2.45) is 0 Å². The fraction of sp³-hybridized carbons (Fsp3) is 0.130. The van der Waals surface area contributed by atoms with Crippen molar-refractivity contribution >= 4 is 23.3 Å². The molecular weight excluding hydrogens is 352 g/mol. The lowest BCUT2D eigenvalue weighted by Gasteiger charge is -2.11. The van der Waals surface area contributed by atoms with Crippen LogP contribution in [0.5, 0.6) is 0 Å². The summed E-state index contributed by atoms with van der Waals surface area (Å²) in [5.74, 6) is -0.720. The largest absolute Gasteiger partial charge is 0.465 e. The number of fused-ring (bicyclic) bond motifs is 3. The van der Waals surface area contributed by atoms with Gasteiger partial charge < -0.3 is 15.4 Å². The number of anilines is 2. The molecule has 0 saturated carbocycles. The van der Waals surface area contributed by atoms with Gasteiger partial charge in [0.2, 0.25) is 5.91 Å². The van der Waals surface area contributed by atoms with Crippen LogP contribution in [0.15, 0.2) is 66.7 Å². The number of hydrogen-bond donors (Lipinski definition) is 2. The summed E-state index contributed by atoms with van der Waals surface area (Å²) in [6.07, 6.45) is 0.903. The number of nitrogens with one attached hydrogen (secondary N) is 2. The van der Waals surface area contributed by atoms with Crippen molar-refractivity contribution in [3.63, 3.8) is 0 Å². The Morgan fingerprint density at radius 2 is 1.68 bits per heavy atom. The number of rotatable bonds is 5. The molecule has 4 rings (SSSR count). The minimum absolute atomic E-state index is 0.0985. The molecule has 0 bridgehead atoms. The first-order chi connectivity index (χ1) is 13.7. The van der Waals surface area contributed by atoms with Crippen molar-refractivity contribution in [3.8, 4) is 11.1 Å². The molecule has 3 aromatic rings. The van der Waals surface area contributed by atoms with E-state index in [9.17, 15) is 9.59 Å². The molecule has 0 fully saturated rings. The second-order valence-corrected chi connectivity index (χ2v) is 6.64. The number of carbonyl (C=O) groups excluding carboxylic acids is 2. The van der Waals surface area contributed by atoms with Gasteiger partial charge >= 0.3 is 5.97 Å². The van der Waals surface area contributed by atoms with Gasteiger partial charge in [-0.15, -0.1) is 0 Å². The SMILES string of the molecule is COC(=O)c1ccccc1NC(=O)CNc1ccc2c(c1)Cc1ccccc1-2. The molecule has 0 unspecified atom stereocenters. The van der Waals surface area contributed by atoms with Gasteiger partial charge in [-0.2, -0.15) is 0 Å². The number of para-hydroxylation sites is 1. The van der Waals surface area contributed by atoms with E-state index >= 15 is 0 Å². The summed E-state index contributed by atoms with van der Waals surface area (Å²) in [7, 11) is 1.31. The summed E-state index contributed by atoms with van der Waals surface area (Å²) >= 11 is 0. The zero-order valence-electron chi connectivity index (χ0n) is 15.5. The number of esters is 1. The van der Waals surface area contributed by atoms with Gasteiger partial charge in [0.25, 0.3) is 0 Å². The molecule has 5 heteroatoms. The Morgan fingerprint density at radius 3 is 2.54 bits per heavy atom. The molecule has 0 heterocycles. The Kier molecular flexibility index (Phi) is 4.81. The fourth-order valence-corrected chi connectivity index (χ4v) is 3.51. The summed E-state index contributed by atoms with van der Waals surface area (Å²) in [5.41, 5.74) is 6.76. The molecule has 0 spiro atoms. The predicted molar refractivity (Wildman–Crippen MR) is 110 cm³/mol. The van der Waals surface area contributed by atoms with E-state index in [1.807, 2.05) is 6.07 Å². The second-order valence-electron chi connectivity index (χ2n) is 6.64. The predicted octanol–water partition coefficient (Wildman–Crippen LogP) is 4.10. The summed E-state index contributed by atoms with van der Waals surface area (Å²) < 4.78 is 4.75. The van der Waals surface area contributed by atoms with Crippen molar-refractivity contribution in [1.82, 2.24) is 0 Å². The molecule has 0 radical (unpaired) electrons. The summed E-state index contributed by atoms with van der Waals surface area (Å²) in [5, 5.41) is 5.92. The quantitative estimate of drug-likeness (QED) is 0.518. The lowest BCUT2D eigenvalue weighted by Crippen LogP contribution is -2.23. The molecule has 28 heavy (non-hydrogen) atoms. The molecule has 1 aliphatic rings. The van der Waals surface area contributed by atoms with Crippen molar-refractivity contribution < 1.29 is 14.3 Å². The molecule has 1 aliphatic carbocycles. The van der Waals surface area contributed by atoms with Gasteiger partial charge in [0.15, 0.2) is 0 Å². The number of carbonyl (C=O) groups is 2. The zero-order chi connectivity index (χ0) is 19.5. The van der Waals surface area contributed by atoms with Gasteiger partial charge in [-0.3, -0.25) is 4.79 Å². The van der Waals surface area contributed by atoms with Crippen LogP contribution in [0.2, 0.25) is 0 Å². The first-order valence-corrected chi connectivity index (χ1v) is 9.08. The minimum Gasteiger partial charge on any atom is -0.465 e. The summed E-state index contributed by atoms with van der Waals surface area (Å²) in [6.45, 7) is 0.0985. The maximum atomic E-state index is 12.3. The van der Waals surface area contributed by atoms with Crippen molar-refractivity contribution in [2.45, 2.75) is 6.42 Å². The summed E-state index contributed by atoms with van der Waals surface area (Å²) in [6, 6.07) is 21.3. The van der Waals surface area contributed by atoms with Gasteiger partial charge in [-0.25, -0.2) is 4.79 Å². The maximum Gasteiger partial charge on any atom is 0.339 e. The van der Waals surface area contributed by atoms with E-state index < -0.39 is 5.97 Å². The third-order valence-corrected chi connectivity index (χ3v) is 4.85. The van der Waals surface area contributed by atoms with E-state index in [-0.39, 0.29) is 12.5 Å². The molecule has 1 amide bonds. The van der Waals surface area contributed by atoms with Crippen LogP contribution < -0.4 is 10.6 Å². The molecule has 0 aromatic heterocycles. The highest BCUT2D eigenvalue weighted by Gasteiger charge is 2.18. The van der Waals surface area contributed by atoms with Crippen molar-refractivity contribution in [3.05, 3.63) is 83.4 Å². The van der Waals surface area contributed by atoms with E-state index in [4.69, 9.17) is 4.74 Å². The van der Waals surface area contributed by atoms with Gasteiger partial charge in [-0.1, -0.05) is 42.5 Å². The van der Waals surface area contributed by atoms with Crippen LogP contribution in [0, 0.1) is 0 Å². The number of benzene rings is 3. The molecular formula is C23H20N2O3. The van der Waals surface area contributed by atoms with Gasteiger partial charge in [0.05, 0.1) is 24.9 Å². The Labute approximate surface area is 163 Å². The Bertz CT molecular complexity index is 1060. The lowest BCUT2D eigenvalue weighted by molar-refractivity contribution is -0.114. The Balaban J connectivity index is 1.42. The number of ether oxygens (including phenoxy) is 1. The Morgan fingerprint density at radius 1 is 0.929 bits per heavy atom. The van der Waals surface area contributed by atoms with Crippen LogP contribution in [-0.4, -0.2) is 25.5 Å². The minimum atomic E-state index is -0.484. The monoisotopic (exact) mass is 372 g/mol. The highest BCUT2D eigenvalue weighted by molar-refractivity contribution is 6.02. The molecule has 3 aromatic carbocycles. The number of methoxy groups -OCH3 is 1. The first-order valence-electron chi connectivity index (χ1n) is 9.08. The van der Waals surface area contributed by atoms with Crippen LogP contribution in [0.3, 0.4) is 0 Å². The van der Waals surface area contributed by atoms with E-state index in [1.54, 1.807) is 24.3 Å². The van der Waals surface area contributed by atoms with Gasteiger partial charge in [-0.05, 0) is 52.9 Å². The third-order valence-electron chi connectivity index (χ3n) is 4.85. The molecule has 140 valence electrons. The van der Waals surface area contributed by atoms with E-state index in [0.29, 0.717) is 11.3 Å². The smallest absolute Gasteiger partial charge is 0.339 e. The zero-order valence-corrected chi connectivity index (χ0v) is 15.5. The van der Waals surface area contributed by atoms with Crippen LogP contribution in [0.1, 0.15) is 21.5 Å². The van der Waals surface area contributed by atoms with Gasteiger partial charge in [0.1, 0.15) is 0 Å². The molecule has 0 atom stereocenters. The normalized spacial score (nSPS) is 11.3. The average Bonchev–Trinajstić information content (AvgIpc) is 3.10. The van der Waals surface area contributed by atoms with Crippen molar-refractivity contribution in [2.75, 3.05) is 24.3 Å². The topological polar surface area (TPSA) is 67.4 Å². The molecule has 0 saturated heterocycles. The maximum absolute atomic E-state index is 12.3. The van der Waals surface area contributed by atoms with E-state index in [1.165, 1.54) is 29.4 Å². The average molecular weight is 372 g/mol. The molecule has 2 N–H and O–H groups in total. The van der Waals surface area contributed by atoms with Gasteiger partial charge in [0, 0.05) is 5.69 Å². The number of amides is 1. The standard InChI is InChI=1S/C23H20N2O3/c1-28-23(27)20-8-4-5-9-21(20)25-22(26)14-24-17-10-11-19-16(13-17)12-15-6-2-3-7-18(15)19/h2-11,13,24H,12,14H2,1H3,(H,25,26). The summed E-state index contributed by atoms with van der Waals surface area (Å²) in [4.78, 5) is 24.1. The third kappa shape index (κ3) is 3.47. The lowest BCUT2D eigenvalue weighted by atomic mass is 10.1. The molecule has 5 nitrogen and oxygen atoms in total. The van der Waals surface area contributed by atoms with Crippen LogP contribution >= 0.6 is 0 Å². The van der Waals surface area contributed by atoms with E-state index in [2.05, 4.69) is 47.0 Å². The van der Waals surface area contributed by atoms with Crippen LogP contribution in [0.4, 0.5) is 11.4 Å². The Hall–Kier alpha value is -3.60. The fourth-order valence-electron chi connectivity index (χ4n) is 3.51. The van der Waals surface area contributed by atoms with E-state index in [0.717, 1.165) is 12.1 Å².